The van der Waals surface area contributed by atoms with Gasteiger partial charge in [-0.05, 0) is 30.5 Å². The Hall–Kier alpha value is -4.02. The molecular weight excluding hydrogens is 439 g/mol. The Kier molecular flexibility index (Phi) is 6.20. The highest BCUT2D eigenvalue weighted by molar-refractivity contribution is 5.87. The molecule has 4 rings (SSSR count). The van der Waals surface area contributed by atoms with Crippen LogP contribution in [-0.2, 0) is 11.2 Å². The molecule has 1 amide bonds. The van der Waals surface area contributed by atoms with E-state index in [1.54, 1.807) is 17.3 Å². The lowest BCUT2D eigenvalue weighted by Crippen LogP contribution is -2.50. The van der Waals surface area contributed by atoms with E-state index >= 15 is 0 Å². The highest BCUT2D eigenvalue weighted by Gasteiger charge is 2.31. The van der Waals surface area contributed by atoms with E-state index in [1.807, 2.05) is 0 Å². The van der Waals surface area contributed by atoms with E-state index in [-0.39, 0.29) is 17.7 Å². The van der Waals surface area contributed by atoms with Gasteiger partial charge >= 0.3 is 12.4 Å². The fourth-order valence-corrected chi connectivity index (χ4v) is 3.29. The Morgan fingerprint density at radius 3 is 2.58 bits per heavy atom. The second-order valence-electron chi connectivity index (χ2n) is 7.29. The van der Waals surface area contributed by atoms with Crippen molar-refractivity contribution in [3.63, 3.8) is 0 Å². The molecule has 1 aliphatic heterocycles. The van der Waals surface area contributed by atoms with E-state index in [0.29, 0.717) is 36.7 Å². The van der Waals surface area contributed by atoms with Crippen LogP contribution in [0.2, 0.25) is 0 Å². The SMILES string of the molecule is C=CC(=O)N1CC(Cc2cncc(-c3cnc(Oc4cccc(OC(F)(F)F)c4)nc3)n2)C1. The minimum absolute atomic E-state index is 0.0477. The summed E-state index contributed by atoms with van der Waals surface area (Å²) < 4.78 is 46.4. The van der Waals surface area contributed by atoms with Crippen LogP contribution in [0.15, 0.2) is 61.7 Å². The lowest BCUT2D eigenvalue weighted by Gasteiger charge is -2.38. The van der Waals surface area contributed by atoms with Crippen molar-refractivity contribution in [2.75, 3.05) is 13.1 Å². The van der Waals surface area contributed by atoms with Crippen molar-refractivity contribution in [1.82, 2.24) is 24.8 Å². The van der Waals surface area contributed by atoms with Gasteiger partial charge in [0.25, 0.3) is 0 Å². The molecule has 0 spiro atoms. The third kappa shape index (κ3) is 5.82. The molecule has 0 aliphatic carbocycles. The summed E-state index contributed by atoms with van der Waals surface area (Å²) in [6.45, 7) is 4.79. The Balaban J connectivity index is 1.39. The molecule has 0 bridgehead atoms. The van der Waals surface area contributed by atoms with Gasteiger partial charge in [0.05, 0.1) is 17.6 Å². The standard InChI is InChI=1S/C22H18F3N5O3/c1-2-20(31)30-12-14(13-30)6-16-10-26-11-19(29-16)15-8-27-21(28-9-15)32-17-4-3-5-18(7-17)33-22(23,24)25/h2-5,7-11,14H,1,6,12-13H2. The molecule has 170 valence electrons. The summed E-state index contributed by atoms with van der Waals surface area (Å²) in [5.41, 5.74) is 1.95. The molecule has 3 aromatic rings. The fourth-order valence-electron chi connectivity index (χ4n) is 3.29. The third-order valence-electron chi connectivity index (χ3n) is 4.80. The molecule has 0 N–H and O–H groups in total. The molecule has 1 saturated heterocycles. The maximum absolute atomic E-state index is 12.4. The molecule has 0 atom stereocenters. The fraction of sp³-hybridized carbons (Fsp3) is 0.227. The number of ether oxygens (including phenoxy) is 2. The van der Waals surface area contributed by atoms with Gasteiger partial charge < -0.3 is 14.4 Å². The van der Waals surface area contributed by atoms with Gasteiger partial charge in [-0.15, -0.1) is 13.2 Å². The number of halogens is 3. The quantitative estimate of drug-likeness (QED) is 0.499. The number of nitrogens with zero attached hydrogens (tertiary/aromatic N) is 5. The zero-order valence-corrected chi connectivity index (χ0v) is 17.2. The van der Waals surface area contributed by atoms with Gasteiger partial charge in [0, 0.05) is 43.3 Å². The third-order valence-corrected chi connectivity index (χ3v) is 4.80. The number of rotatable bonds is 7. The largest absolute Gasteiger partial charge is 0.573 e. The molecule has 8 nitrogen and oxygen atoms in total. The predicted molar refractivity (Wildman–Crippen MR) is 110 cm³/mol. The highest BCUT2D eigenvalue weighted by Crippen LogP contribution is 2.28. The number of aromatic nitrogens is 4. The predicted octanol–water partition coefficient (Wildman–Crippen LogP) is 3.81. The zero-order valence-electron chi connectivity index (χ0n) is 17.2. The highest BCUT2D eigenvalue weighted by atomic mass is 19.4. The molecular formula is C22H18F3N5O3. The Morgan fingerprint density at radius 2 is 1.88 bits per heavy atom. The van der Waals surface area contributed by atoms with Crippen LogP contribution in [0.3, 0.4) is 0 Å². The van der Waals surface area contributed by atoms with Crippen LogP contribution in [0.25, 0.3) is 11.3 Å². The number of carbonyl (C=O) groups excluding carboxylic acids is 1. The monoisotopic (exact) mass is 457 g/mol. The molecule has 1 fully saturated rings. The molecule has 0 saturated carbocycles. The van der Waals surface area contributed by atoms with E-state index in [1.165, 1.54) is 30.6 Å². The minimum atomic E-state index is -4.80. The van der Waals surface area contributed by atoms with Crippen LogP contribution in [-0.4, -0.2) is 50.2 Å². The summed E-state index contributed by atoms with van der Waals surface area (Å²) in [5, 5.41) is 0. The molecule has 11 heteroatoms. The van der Waals surface area contributed by atoms with Crippen molar-refractivity contribution in [3.8, 4) is 28.8 Å². The number of carbonyl (C=O) groups is 1. The van der Waals surface area contributed by atoms with Crippen molar-refractivity contribution < 1.29 is 27.4 Å². The number of hydrogen-bond acceptors (Lipinski definition) is 7. The second kappa shape index (κ2) is 9.23. The maximum atomic E-state index is 12.4. The summed E-state index contributed by atoms with van der Waals surface area (Å²) in [7, 11) is 0. The van der Waals surface area contributed by atoms with Crippen LogP contribution in [0.5, 0.6) is 17.5 Å². The smallest absolute Gasteiger partial charge is 0.424 e. The van der Waals surface area contributed by atoms with Gasteiger partial charge in [-0.25, -0.2) is 15.0 Å². The summed E-state index contributed by atoms with van der Waals surface area (Å²) in [5.74, 6) is -0.0874. The van der Waals surface area contributed by atoms with Gasteiger partial charge in [-0.3, -0.25) is 9.78 Å². The second-order valence-corrected chi connectivity index (χ2v) is 7.29. The van der Waals surface area contributed by atoms with Crippen molar-refractivity contribution in [2.24, 2.45) is 5.92 Å². The Morgan fingerprint density at radius 1 is 1.15 bits per heavy atom. The lowest BCUT2D eigenvalue weighted by atomic mass is 9.94. The van der Waals surface area contributed by atoms with Crippen molar-refractivity contribution in [2.45, 2.75) is 12.8 Å². The topological polar surface area (TPSA) is 90.3 Å². The molecule has 3 heterocycles. The van der Waals surface area contributed by atoms with E-state index in [9.17, 15) is 18.0 Å². The van der Waals surface area contributed by atoms with Gasteiger partial charge in [-0.2, -0.15) is 0 Å². The zero-order chi connectivity index (χ0) is 23.4. The Labute approximate surface area is 186 Å². The molecule has 33 heavy (non-hydrogen) atoms. The van der Waals surface area contributed by atoms with Gasteiger partial charge in [0.2, 0.25) is 5.91 Å². The van der Waals surface area contributed by atoms with Gasteiger partial charge in [0.1, 0.15) is 11.5 Å². The van der Waals surface area contributed by atoms with Crippen LogP contribution < -0.4 is 9.47 Å². The van der Waals surface area contributed by atoms with E-state index in [4.69, 9.17) is 4.74 Å². The van der Waals surface area contributed by atoms with E-state index in [2.05, 4.69) is 31.3 Å². The minimum Gasteiger partial charge on any atom is -0.424 e. The molecule has 1 aromatic carbocycles. The number of likely N-dealkylation sites (tertiary alicyclic amines) is 1. The van der Waals surface area contributed by atoms with Crippen LogP contribution >= 0.6 is 0 Å². The number of amides is 1. The summed E-state index contributed by atoms with van der Waals surface area (Å²) in [4.78, 5) is 30.3. The Bertz CT molecular complexity index is 1150. The van der Waals surface area contributed by atoms with E-state index in [0.717, 1.165) is 17.8 Å². The van der Waals surface area contributed by atoms with Crippen LogP contribution in [0.1, 0.15) is 5.69 Å². The van der Waals surface area contributed by atoms with Crippen molar-refractivity contribution in [1.29, 1.82) is 0 Å². The first-order valence-electron chi connectivity index (χ1n) is 9.87. The van der Waals surface area contributed by atoms with Crippen LogP contribution in [0, 0.1) is 5.92 Å². The van der Waals surface area contributed by atoms with Crippen molar-refractivity contribution >= 4 is 5.91 Å². The number of benzene rings is 1. The molecule has 0 radical (unpaired) electrons. The number of alkyl halides is 3. The molecule has 0 unspecified atom stereocenters. The summed E-state index contributed by atoms with van der Waals surface area (Å²) >= 11 is 0. The van der Waals surface area contributed by atoms with Gasteiger partial charge in [0.15, 0.2) is 0 Å². The average Bonchev–Trinajstić information content (AvgIpc) is 2.75. The van der Waals surface area contributed by atoms with E-state index < -0.39 is 12.1 Å². The molecule has 1 aliphatic rings. The first-order valence-corrected chi connectivity index (χ1v) is 9.87. The molecule has 2 aromatic heterocycles. The maximum Gasteiger partial charge on any atom is 0.573 e. The normalized spacial score (nSPS) is 13.8. The lowest BCUT2D eigenvalue weighted by molar-refractivity contribution is -0.274. The van der Waals surface area contributed by atoms with Crippen molar-refractivity contribution in [3.05, 3.63) is 67.4 Å². The summed E-state index contributed by atoms with van der Waals surface area (Å²) in [6, 6.07) is 5.02. The van der Waals surface area contributed by atoms with Gasteiger partial charge in [-0.1, -0.05) is 12.6 Å². The first kappa shape index (κ1) is 22.2. The average molecular weight is 457 g/mol. The number of hydrogen-bond donors (Lipinski definition) is 0. The first-order chi connectivity index (χ1) is 15.8. The van der Waals surface area contributed by atoms with Crippen LogP contribution in [0.4, 0.5) is 13.2 Å². The summed E-state index contributed by atoms with van der Waals surface area (Å²) in [6.07, 6.45) is 3.41.